The number of piperidine rings is 1. The molecule has 4 nitrogen and oxygen atoms in total. The molecule has 0 unspecified atom stereocenters. The molecule has 0 bridgehead atoms. The standard InChI is InChI=1S/C17H19NO3/c1-20-15-6-4-5-13(11-15)16-7-2-3-9-18(16)17(19)14-8-10-21-12-14/h4-6,8,10-12,16H,2-3,7,9H2,1H3/t16-/m0/s1. The van der Waals surface area contributed by atoms with Crippen molar-refractivity contribution in [2.75, 3.05) is 13.7 Å². The molecule has 1 aromatic carbocycles. The molecule has 1 atom stereocenters. The second-order valence-corrected chi connectivity index (χ2v) is 5.30. The molecule has 0 saturated carbocycles. The van der Waals surface area contributed by atoms with Crippen LogP contribution in [0.3, 0.4) is 0 Å². The lowest BCUT2D eigenvalue weighted by Gasteiger charge is -2.36. The molecule has 1 saturated heterocycles. The molecule has 1 amide bonds. The number of ether oxygens (including phenoxy) is 1. The zero-order chi connectivity index (χ0) is 14.7. The lowest BCUT2D eigenvalue weighted by atomic mass is 9.94. The van der Waals surface area contributed by atoms with Gasteiger partial charge in [-0.05, 0) is 43.0 Å². The van der Waals surface area contributed by atoms with Crippen LogP contribution in [0.5, 0.6) is 5.75 Å². The minimum Gasteiger partial charge on any atom is -0.497 e. The van der Waals surface area contributed by atoms with Crippen LogP contribution in [0.2, 0.25) is 0 Å². The number of methoxy groups -OCH3 is 1. The van der Waals surface area contributed by atoms with Crippen LogP contribution in [-0.2, 0) is 0 Å². The number of rotatable bonds is 3. The van der Waals surface area contributed by atoms with E-state index in [-0.39, 0.29) is 11.9 Å². The molecular weight excluding hydrogens is 266 g/mol. The summed E-state index contributed by atoms with van der Waals surface area (Å²) < 4.78 is 10.3. The first-order chi connectivity index (χ1) is 10.3. The average molecular weight is 285 g/mol. The molecule has 0 N–H and O–H groups in total. The van der Waals surface area contributed by atoms with E-state index in [0.29, 0.717) is 5.56 Å². The van der Waals surface area contributed by atoms with E-state index in [4.69, 9.17) is 9.15 Å². The summed E-state index contributed by atoms with van der Waals surface area (Å²) >= 11 is 0. The number of benzene rings is 1. The summed E-state index contributed by atoms with van der Waals surface area (Å²) in [4.78, 5) is 14.6. The van der Waals surface area contributed by atoms with Crippen molar-refractivity contribution in [1.29, 1.82) is 0 Å². The van der Waals surface area contributed by atoms with E-state index in [9.17, 15) is 4.79 Å². The largest absolute Gasteiger partial charge is 0.497 e. The predicted molar refractivity (Wildman–Crippen MR) is 79.3 cm³/mol. The SMILES string of the molecule is COc1cccc([C@@H]2CCCCN2C(=O)c2ccoc2)c1. The number of amides is 1. The van der Waals surface area contributed by atoms with Crippen molar-refractivity contribution in [3.05, 3.63) is 54.0 Å². The topological polar surface area (TPSA) is 42.7 Å². The van der Waals surface area contributed by atoms with E-state index >= 15 is 0 Å². The molecule has 0 radical (unpaired) electrons. The Balaban J connectivity index is 1.89. The minimum absolute atomic E-state index is 0.0382. The lowest BCUT2D eigenvalue weighted by molar-refractivity contribution is 0.0610. The zero-order valence-corrected chi connectivity index (χ0v) is 12.1. The van der Waals surface area contributed by atoms with Gasteiger partial charge in [-0.3, -0.25) is 4.79 Å². The molecule has 0 spiro atoms. The summed E-state index contributed by atoms with van der Waals surface area (Å²) in [6, 6.07) is 9.81. The number of likely N-dealkylation sites (tertiary alicyclic amines) is 1. The van der Waals surface area contributed by atoms with Crippen LogP contribution < -0.4 is 4.74 Å². The van der Waals surface area contributed by atoms with E-state index in [1.54, 1.807) is 13.2 Å². The number of nitrogens with zero attached hydrogens (tertiary/aromatic N) is 1. The minimum atomic E-state index is 0.0382. The van der Waals surface area contributed by atoms with Gasteiger partial charge in [0.25, 0.3) is 5.91 Å². The molecule has 2 aromatic rings. The summed E-state index contributed by atoms with van der Waals surface area (Å²) in [5.41, 5.74) is 1.75. The Kier molecular flexibility index (Phi) is 3.95. The number of furan rings is 1. The Morgan fingerprint density at radius 2 is 2.24 bits per heavy atom. The van der Waals surface area contributed by atoms with Crippen LogP contribution in [0.1, 0.15) is 41.2 Å². The maximum absolute atomic E-state index is 12.6. The van der Waals surface area contributed by atoms with Crippen LogP contribution in [0.15, 0.2) is 47.3 Å². The van der Waals surface area contributed by atoms with Crippen LogP contribution in [0.25, 0.3) is 0 Å². The number of carbonyl (C=O) groups is 1. The first-order valence-corrected chi connectivity index (χ1v) is 7.26. The molecule has 1 aliphatic rings. The van der Waals surface area contributed by atoms with E-state index in [2.05, 4.69) is 6.07 Å². The highest BCUT2D eigenvalue weighted by molar-refractivity contribution is 5.94. The highest BCUT2D eigenvalue weighted by Crippen LogP contribution is 2.33. The van der Waals surface area contributed by atoms with Gasteiger partial charge in [0.1, 0.15) is 12.0 Å². The van der Waals surface area contributed by atoms with Crippen molar-refractivity contribution in [2.45, 2.75) is 25.3 Å². The van der Waals surface area contributed by atoms with Crippen molar-refractivity contribution in [1.82, 2.24) is 4.90 Å². The number of carbonyl (C=O) groups excluding carboxylic acids is 1. The van der Waals surface area contributed by atoms with E-state index in [1.807, 2.05) is 23.1 Å². The molecule has 3 rings (SSSR count). The van der Waals surface area contributed by atoms with Crippen molar-refractivity contribution in [2.24, 2.45) is 0 Å². The fourth-order valence-electron chi connectivity index (χ4n) is 2.92. The average Bonchev–Trinajstić information content (AvgIpc) is 3.09. The van der Waals surface area contributed by atoms with Crippen molar-refractivity contribution in [3.8, 4) is 5.75 Å². The molecule has 1 aliphatic heterocycles. The molecule has 1 aromatic heterocycles. The molecule has 0 aliphatic carbocycles. The third-order valence-corrected chi connectivity index (χ3v) is 4.01. The Labute approximate surface area is 124 Å². The lowest BCUT2D eigenvalue weighted by Crippen LogP contribution is -2.38. The Bertz CT molecular complexity index is 606. The Morgan fingerprint density at radius 3 is 3.00 bits per heavy atom. The highest BCUT2D eigenvalue weighted by atomic mass is 16.5. The summed E-state index contributed by atoms with van der Waals surface area (Å²) in [5, 5.41) is 0. The van der Waals surface area contributed by atoms with Crippen molar-refractivity contribution >= 4 is 5.91 Å². The fraction of sp³-hybridized carbons (Fsp3) is 0.353. The Hall–Kier alpha value is -2.23. The first-order valence-electron chi connectivity index (χ1n) is 7.26. The van der Waals surface area contributed by atoms with Gasteiger partial charge in [0.05, 0.1) is 25.0 Å². The zero-order valence-electron chi connectivity index (χ0n) is 12.1. The third-order valence-electron chi connectivity index (χ3n) is 4.01. The number of hydrogen-bond donors (Lipinski definition) is 0. The summed E-state index contributed by atoms with van der Waals surface area (Å²) in [6.07, 6.45) is 6.22. The van der Waals surface area contributed by atoms with Gasteiger partial charge in [-0.1, -0.05) is 12.1 Å². The van der Waals surface area contributed by atoms with Gasteiger partial charge in [-0.15, -0.1) is 0 Å². The molecule has 110 valence electrons. The predicted octanol–water partition coefficient (Wildman–Crippen LogP) is 3.66. The summed E-state index contributed by atoms with van der Waals surface area (Å²) in [5.74, 6) is 0.866. The van der Waals surface area contributed by atoms with Gasteiger partial charge < -0.3 is 14.1 Å². The van der Waals surface area contributed by atoms with Gasteiger partial charge >= 0.3 is 0 Å². The number of hydrogen-bond acceptors (Lipinski definition) is 3. The smallest absolute Gasteiger partial charge is 0.257 e. The van der Waals surface area contributed by atoms with Crippen LogP contribution in [0.4, 0.5) is 0 Å². The second kappa shape index (κ2) is 6.04. The van der Waals surface area contributed by atoms with Crippen LogP contribution >= 0.6 is 0 Å². The van der Waals surface area contributed by atoms with Gasteiger partial charge in [0, 0.05) is 6.54 Å². The van der Waals surface area contributed by atoms with Crippen molar-refractivity contribution < 1.29 is 13.9 Å². The maximum Gasteiger partial charge on any atom is 0.257 e. The van der Waals surface area contributed by atoms with Gasteiger partial charge in [-0.2, -0.15) is 0 Å². The first kappa shape index (κ1) is 13.7. The quantitative estimate of drug-likeness (QED) is 0.864. The van der Waals surface area contributed by atoms with Crippen LogP contribution in [0, 0.1) is 0 Å². The van der Waals surface area contributed by atoms with Crippen molar-refractivity contribution in [3.63, 3.8) is 0 Å². The fourth-order valence-corrected chi connectivity index (χ4v) is 2.92. The molecule has 1 fully saturated rings. The molecule has 2 heterocycles. The van der Waals surface area contributed by atoms with Crippen LogP contribution in [-0.4, -0.2) is 24.5 Å². The third kappa shape index (κ3) is 2.79. The van der Waals surface area contributed by atoms with Gasteiger partial charge in [0.15, 0.2) is 0 Å². The summed E-state index contributed by atoms with van der Waals surface area (Å²) in [7, 11) is 1.66. The second-order valence-electron chi connectivity index (χ2n) is 5.30. The van der Waals surface area contributed by atoms with Gasteiger partial charge in [-0.25, -0.2) is 0 Å². The van der Waals surface area contributed by atoms with Gasteiger partial charge in [0.2, 0.25) is 0 Å². The molecule has 21 heavy (non-hydrogen) atoms. The summed E-state index contributed by atoms with van der Waals surface area (Å²) in [6.45, 7) is 0.784. The monoisotopic (exact) mass is 285 g/mol. The van der Waals surface area contributed by atoms with E-state index < -0.39 is 0 Å². The highest BCUT2D eigenvalue weighted by Gasteiger charge is 2.29. The van der Waals surface area contributed by atoms with E-state index in [1.165, 1.54) is 12.5 Å². The molecular formula is C17H19NO3. The normalized spacial score (nSPS) is 18.5. The van der Waals surface area contributed by atoms with E-state index in [0.717, 1.165) is 37.1 Å². The maximum atomic E-state index is 12.6. The molecule has 4 heteroatoms. The Morgan fingerprint density at radius 1 is 1.33 bits per heavy atom.